The number of hydrogen-bond donors (Lipinski definition) is 2. The van der Waals surface area contributed by atoms with E-state index in [9.17, 15) is 14.7 Å². The van der Waals surface area contributed by atoms with Gasteiger partial charge in [-0.3, -0.25) is 4.79 Å². The highest BCUT2D eigenvalue weighted by atomic mass is 32.1. The van der Waals surface area contributed by atoms with Gasteiger partial charge in [0.2, 0.25) is 0 Å². The Labute approximate surface area is 134 Å². The van der Waals surface area contributed by atoms with Gasteiger partial charge in [0.25, 0.3) is 5.91 Å². The monoisotopic (exact) mass is 325 g/mol. The van der Waals surface area contributed by atoms with Crippen molar-refractivity contribution in [2.45, 2.75) is 52.7 Å². The normalized spacial score (nSPS) is 16.0. The Morgan fingerprint density at radius 3 is 2.77 bits per heavy atom. The Balaban J connectivity index is 2.01. The van der Waals surface area contributed by atoms with Gasteiger partial charge in [0, 0.05) is 11.3 Å². The smallest absolute Gasteiger partial charge is 0.326 e. The van der Waals surface area contributed by atoms with Gasteiger partial charge in [0.15, 0.2) is 0 Å². The zero-order valence-corrected chi connectivity index (χ0v) is 14.1. The lowest BCUT2D eigenvalue weighted by Gasteiger charge is -2.21. The summed E-state index contributed by atoms with van der Waals surface area (Å²) >= 11 is 1.44. The Morgan fingerprint density at radius 2 is 2.18 bits per heavy atom. The minimum atomic E-state index is -0.984. The zero-order chi connectivity index (χ0) is 16.3. The minimum absolute atomic E-state index is 0.0395. The summed E-state index contributed by atoms with van der Waals surface area (Å²) in [4.78, 5) is 25.4. The molecule has 1 atom stereocenters. The number of nitrogens with one attached hydrogen (secondary N) is 1. The Morgan fingerprint density at radius 1 is 1.45 bits per heavy atom. The van der Waals surface area contributed by atoms with Gasteiger partial charge >= 0.3 is 5.97 Å². The molecule has 2 N–H and O–H groups in total. The summed E-state index contributed by atoms with van der Waals surface area (Å²) in [6.07, 6.45) is 1.98. The first-order valence-corrected chi connectivity index (χ1v) is 8.31. The number of carbonyl (C=O) groups is 2. The van der Waals surface area contributed by atoms with E-state index < -0.39 is 12.0 Å². The number of ether oxygens (including phenoxy) is 1. The lowest BCUT2D eigenvalue weighted by atomic mass is 9.88. The van der Waals surface area contributed by atoms with Crippen molar-refractivity contribution < 1.29 is 19.4 Å². The molecule has 0 saturated heterocycles. The summed E-state index contributed by atoms with van der Waals surface area (Å²) in [5.41, 5.74) is 1.08. The maximum absolute atomic E-state index is 12.3. The number of aliphatic carboxylic acids is 1. The van der Waals surface area contributed by atoms with Crippen molar-refractivity contribution in [1.82, 2.24) is 5.32 Å². The maximum atomic E-state index is 12.3. The highest BCUT2D eigenvalue weighted by Gasteiger charge is 2.25. The minimum Gasteiger partial charge on any atom is -0.480 e. The molecule has 1 aliphatic heterocycles. The SMILES string of the molecule is CC(C)(C)CCC(NC(=O)c1cc2c(s1)CCOC2)C(=O)O. The molecule has 5 nitrogen and oxygen atoms in total. The topological polar surface area (TPSA) is 75.6 Å². The summed E-state index contributed by atoms with van der Waals surface area (Å²) in [7, 11) is 0. The molecule has 1 unspecified atom stereocenters. The highest BCUT2D eigenvalue weighted by Crippen LogP contribution is 2.27. The molecule has 1 aromatic heterocycles. The number of fused-ring (bicyclic) bond motifs is 1. The van der Waals surface area contributed by atoms with Crippen molar-refractivity contribution in [2.75, 3.05) is 6.61 Å². The van der Waals surface area contributed by atoms with Crippen LogP contribution in [0.3, 0.4) is 0 Å². The second-order valence-corrected chi connectivity index (χ2v) is 7.96. The Hall–Kier alpha value is -1.40. The lowest BCUT2D eigenvalue weighted by molar-refractivity contribution is -0.139. The van der Waals surface area contributed by atoms with Gasteiger partial charge in [-0.05, 0) is 29.9 Å². The van der Waals surface area contributed by atoms with Crippen molar-refractivity contribution >= 4 is 23.2 Å². The first-order valence-electron chi connectivity index (χ1n) is 7.49. The summed E-state index contributed by atoms with van der Waals surface area (Å²) in [5, 5.41) is 11.9. The largest absolute Gasteiger partial charge is 0.480 e. The van der Waals surface area contributed by atoms with E-state index in [1.807, 2.05) is 6.07 Å². The van der Waals surface area contributed by atoms with Crippen LogP contribution in [0.25, 0.3) is 0 Å². The van der Waals surface area contributed by atoms with Crippen molar-refractivity contribution in [2.24, 2.45) is 5.41 Å². The molecule has 1 aromatic rings. The standard InChI is InChI=1S/C16H23NO4S/c1-16(2,3)6-4-11(15(19)20)17-14(18)13-8-10-9-21-7-5-12(10)22-13/h8,11H,4-7,9H2,1-3H3,(H,17,18)(H,19,20). The van der Waals surface area contributed by atoms with Gasteiger partial charge in [0.05, 0.1) is 18.1 Å². The van der Waals surface area contributed by atoms with Crippen molar-refractivity contribution in [3.05, 3.63) is 21.4 Å². The van der Waals surface area contributed by atoms with E-state index in [4.69, 9.17) is 4.74 Å². The van der Waals surface area contributed by atoms with Crippen molar-refractivity contribution in [1.29, 1.82) is 0 Å². The number of thiophene rings is 1. The Bertz CT molecular complexity index is 535. The van der Waals surface area contributed by atoms with E-state index in [1.165, 1.54) is 11.3 Å². The number of amides is 1. The third-order valence-corrected chi connectivity index (χ3v) is 4.87. The lowest BCUT2D eigenvalue weighted by Crippen LogP contribution is -2.41. The molecule has 0 aromatic carbocycles. The van der Waals surface area contributed by atoms with Gasteiger partial charge in [-0.2, -0.15) is 0 Å². The molecule has 0 radical (unpaired) electrons. The van der Waals surface area contributed by atoms with Gasteiger partial charge in [-0.1, -0.05) is 20.8 Å². The molecule has 0 saturated carbocycles. The van der Waals surface area contributed by atoms with Gasteiger partial charge in [-0.15, -0.1) is 11.3 Å². The fraction of sp³-hybridized carbons (Fsp3) is 0.625. The van der Waals surface area contributed by atoms with Crippen molar-refractivity contribution in [3.63, 3.8) is 0 Å². The number of carboxylic acids is 1. The quantitative estimate of drug-likeness (QED) is 0.873. The van der Waals surface area contributed by atoms with Crippen LogP contribution in [-0.4, -0.2) is 29.6 Å². The molecule has 0 bridgehead atoms. The highest BCUT2D eigenvalue weighted by molar-refractivity contribution is 7.14. The molecule has 0 aliphatic carbocycles. The van der Waals surface area contributed by atoms with E-state index in [0.29, 0.717) is 24.5 Å². The molecule has 2 heterocycles. The summed E-state index contributed by atoms with van der Waals surface area (Å²) < 4.78 is 5.37. The predicted octanol–water partition coefficient (Wildman–Crippen LogP) is 2.83. The molecular formula is C16H23NO4S. The molecule has 122 valence electrons. The number of hydrogen-bond acceptors (Lipinski definition) is 4. The molecule has 6 heteroatoms. The summed E-state index contributed by atoms with van der Waals surface area (Å²) in [6.45, 7) is 7.38. The van der Waals surface area contributed by atoms with Crippen LogP contribution >= 0.6 is 11.3 Å². The Kier molecular flexibility index (Phi) is 5.24. The van der Waals surface area contributed by atoms with E-state index in [0.717, 1.165) is 23.3 Å². The van der Waals surface area contributed by atoms with Crippen LogP contribution in [0.1, 0.15) is 53.7 Å². The number of carboxylic acid groups (broad SMARTS) is 1. The summed E-state index contributed by atoms with van der Waals surface area (Å²) in [5.74, 6) is -1.29. The first-order chi connectivity index (χ1) is 10.3. The van der Waals surface area contributed by atoms with Crippen LogP contribution in [0.2, 0.25) is 0 Å². The molecule has 1 aliphatic rings. The van der Waals surface area contributed by atoms with Crippen LogP contribution in [0, 0.1) is 5.41 Å². The fourth-order valence-electron chi connectivity index (χ4n) is 2.32. The van der Waals surface area contributed by atoms with Crippen LogP contribution in [-0.2, 0) is 22.6 Å². The second kappa shape index (κ2) is 6.79. The zero-order valence-electron chi connectivity index (χ0n) is 13.3. The van der Waals surface area contributed by atoms with Gasteiger partial charge in [0.1, 0.15) is 6.04 Å². The number of rotatable bonds is 5. The average molecular weight is 325 g/mol. The summed E-state index contributed by atoms with van der Waals surface area (Å²) in [6, 6.07) is 0.971. The van der Waals surface area contributed by atoms with Crippen LogP contribution in [0.5, 0.6) is 0 Å². The van der Waals surface area contributed by atoms with E-state index in [-0.39, 0.29) is 11.3 Å². The molecule has 0 spiro atoms. The van der Waals surface area contributed by atoms with E-state index in [2.05, 4.69) is 26.1 Å². The molecular weight excluding hydrogens is 302 g/mol. The van der Waals surface area contributed by atoms with E-state index >= 15 is 0 Å². The number of carbonyl (C=O) groups excluding carboxylic acids is 1. The second-order valence-electron chi connectivity index (χ2n) is 6.83. The molecule has 0 fully saturated rings. The van der Waals surface area contributed by atoms with Crippen molar-refractivity contribution in [3.8, 4) is 0 Å². The maximum Gasteiger partial charge on any atom is 0.326 e. The molecule has 1 amide bonds. The molecule has 2 rings (SSSR count). The third-order valence-electron chi connectivity index (χ3n) is 3.64. The van der Waals surface area contributed by atoms with Gasteiger partial charge < -0.3 is 15.2 Å². The van der Waals surface area contributed by atoms with Crippen LogP contribution in [0.15, 0.2) is 6.07 Å². The van der Waals surface area contributed by atoms with Gasteiger partial charge in [-0.25, -0.2) is 4.79 Å². The van der Waals surface area contributed by atoms with Crippen LogP contribution in [0.4, 0.5) is 0 Å². The van der Waals surface area contributed by atoms with Crippen LogP contribution < -0.4 is 5.32 Å². The average Bonchev–Trinajstić information content (AvgIpc) is 2.85. The third kappa shape index (κ3) is 4.55. The van der Waals surface area contributed by atoms with E-state index in [1.54, 1.807) is 0 Å². The predicted molar refractivity (Wildman–Crippen MR) is 85.3 cm³/mol. The molecule has 22 heavy (non-hydrogen) atoms. The fourth-order valence-corrected chi connectivity index (χ4v) is 3.38. The first kappa shape index (κ1) is 17.0.